The molecule has 0 aliphatic carbocycles. The van der Waals surface area contributed by atoms with Gasteiger partial charge in [-0.1, -0.05) is 6.07 Å². The Hall–Kier alpha value is -3.13. The van der Waals surface area contributed by atoms with Crippen LogP contribution in [0.2, 0.25) is 0 Å². The van der Waals surface area contributed by atoms with Gasteiger partial charge in [0, 0.05) is 30.7 Å². The average molecular weight is 339 g/mol. The van der Waals surface area contributed by atoms with Gasteiger partial charge in [-0.15, -0.1) is 5.10 Å². The molecule has 4 N–H and O–H groups in total. The summed E-state index contributed by atoms with van der Waals surface area (Å²) in [6, 6.07) is 13.3. The molecule has 0 aliphatic rings. The fourth-order valence-corrected chi connectivity index (χ4v) is 2.50. The maximum absolute atomic E-state index is 9.11. The van der Waals surface area contributed by atoms with Crippen molar-refractivity contribution in [2.24, 2.45) is 0 Å². The SMILES string of the molecule is CCN(CCO)c1ccc(Nc2nc(N)n(-c3ccccn3)n2)cc1. The molecule has 2 aromatic heterocycles. The lowest BCUT2D eigenvalue weighted by molar-refractivity contribution is 0.302. The van der Waals surface area contributed by atoms with Gasteiger partial charge in [0.05, 0.1) is 6.61 Å². The Kier molecular flexibility index (Phi) is 5.10. The Morgan fingerprint density at radius 2 is 2.00 bits per heavy atom. The first kappa shape index (κ1) is 16.7. The van der Waals surface area contributed by atoms with Crippen molar-refractivity contribution in [2.75, 3.05) is 35.6 Å². The van der Waals surface area contributed by atoms with Gasteiger partial charge in [0.25, 0.3) is 0 Å². The van der Waals surface area contributed by atoms with E-state index in [4.69, 9.17) is 10.8 Å². The van der Waals surface area contributed by atoms with Gasteiger partial charge in [0.1, 0.15) is 0 Å². The van der Waals surface area contributed by atoms with Crippen molar-refractivity contribution in [2.45, 2.75) is 6.92 Å². The molecule has 0 unspecified atom stereocenters. The first-order valence-electron chi connectivity index (χ1n) is 8.08. The van der Waals surface area contributed by atoms with E-state index in [1.165, 1.54) is 4.68 Å². The zero-order valence-corrected chi connectivity index (χ0v) is 14.0. The van der Waals surface area contributed by atoms with E-state index in [0.717, 1.165) is 17.9 Å². The summed E-state index contributed by atoms with van der Waals surface area (Å²) in [5, 5.41) is 16.6. The molecule has 8 nitrogen and oxygen atoms in total. The van der Waals surface area contributed by atoms with E-state index in [2.05, 4.69) is 32.2 Å². The number of nitrogens with one attached hydrogen (secondary N) is 1. The molecule has 2 heterocycles. The average Bonchev–Trinajstić information content (AvgIpc) is 3.01. The van der Waals surface area contributed by atoms with Crippen molar-refractivity contribution < 1.29 is 5.11 Å². The van der Waals surface area contributed by atoms with Crippen molar-refractivity contribution in [3.8, 4) is 5.82 Å². The summed E-state index contributed by atoms with van der Waals surface area (Å²) in [5.74, 6) is 1.27. The van der Waals surface area contributed by atoms with E-state index in [0.29, 0.717) is 18.3 Å². The molecular weight excluding hydrogens is 318 g/mol. The maximum Gasteiger partial charge on any atom is 0.248 e. The topological polar surface area (TPSA) is 105 Å². The molecule has 8 heteroatoms. The number of pyridine rings is 1. The number of nitrogens with two attached hydrogens (primary N) is 1. The highest BCUT2D eigenvalue weighted by Gasteiger charge is 2.10. The summed E-state index contributed by atoms with van der Waals surface area (Å²) in [4.78, 5) is 10.5. The number of aliphatic hydroxyl groups is 1. The second-order valence-electron chi connectivity index (χ2n) is 5.37. The van der Waals surface area contributed by atoms with Crippen LogP contribution in [0, 0.1) is 0 Å². The highest BCUT2D eigenvalue weighted by atomic mass is 16.3. The zero-order valence-electron chi connectivity index (χ0n) is 14.0. The van der Waals surface area contributed by atoms with Crippen LogP contribution in [-0.2, 0) is 0 Å². The van der Waals surface area contributed by atoms with Crippen LogP contribution in [-0.4, -0.2) is 44.6 Å². The number of nitrogen functional groups attached to an aromatic ring is 1. The summed E-state index contributed by atoms with van der Waals surface area (Å²) in [6.45, 7) is 3.62. The number of aromatic nitrogens is 4. The van der Waals surface area contributed by atoms with E-state index in [1.54, 1.807) is 6.20 Å². The number of nitrogens with zero attached hydrogens (tertiary/aromatic N) is 5. The third-order valence-electron chi connectivity index (χ3n) is 3.74. The standard InChI is InChI=1S/C17H21N7O/c1-2-23(11-12-25)14-8-6-13(7-9-14)20-17-21-16(18)24(22-17)15-5-3-4-10-19-15/h3-10,25H,2,11-12H2,1H3,(H3,18,20,21,22). The number of hydrogen-bond acceptors (Lipinski definition) is 7. The van der Waals surface area contributed by atoms with Crippen molar-refractivity contribution >= 4 is 23.3 Å². The molecule has 25 heavy (non-hydrogen) atoms. The van der Waals surface area contributed by atoms with Crippen molar-refractivity contribution in [3.05, 3.63) is 48.7 Å². The fraction of sp³-hybridized carbons (Fsp3) is 0.235. The molecule has 0 bridgehead atoms. The number of aliphatic hydroxyl groups excluding tert-OH is 1. The van der Waals surface area contributed by atoms with Gasteiger partial charge in [-0.05, 0) is 43.3 Å². The highest BCUT2D eigenvalue weighted by Crippen LogP contribution is 2.21. The minimum Gasteiger partial charge on any atom is -0.395 e. The van der Waals surface area contributed by atoms with Crippen molar-refractivity contribution in [1.82, 2.24) is 19.7 Å². The Labute approximate surface area is 145 Å². The molecule has 0 amide bonds. The zero-order chi connectivity index (χ0) is 17.6. The summed E-state index contributed by atoms with van der Waals surface area (Å²) in [6.07, 6.45) is 1.67. The molecular formula is C17H21N7O. The van der Waals surface area contributed by atoms with Crippen LogP contribution >= 0.6 is 0 Å². The lowest BCUT2D eigenvalue weighted by Crippen LogP contribution is -2.25. The second-order valence-corrected chi connectivity index (χ2v) is 5.37. The van der Waals surface area contributed by atoms with Gasteiger partial charge >= 0.3 is 0 Å². The first-order chi connectivity index (χ1) is 12.2. The Bertz CT molecular complexity index is 802. The molecule has 3 rings (SSSR count). The summed E-state index contributed by atoms with van der Waals surface area (Å²) >= 11 is 0. The van der Waals surface area contributed by atoms with Gasteiger partial charge < -0.3 is 21.1 Å². The van der Waals surface area contributed by atoms with Crippen molar-refractivity contribution in [3.63, 3.8) is 0 Å². The van der Waals surface area contributed by atoms with Crippen LogP contribution in [0.25, 0.3) is 5.82 Å². The first-order valence-corrected chi connectivity index (χ1v) is 8.08. The van der Waals surface area contributed by atoms with Gasteiger partial charge in [-0.25, -0.2) is 4.98 Å². The molecule has 3 aromatic rings. The highest BCUT2D eigenvalue weighted by molar-refractivity contribution is 5.60. The lowest BCUT2D eigenvalue weighted by atomic mass is 10.2. The number of anilines is 4. The molecule has 0 radical (unpaired) electrons. The fourth-order valence-electron chi connectivity index (χ4n) is 2.50. The molecule has 1 aromatic carbocycles. The third kappa shape index (κ3) is 3.86. The van der Waals surface area contributed by atoms with Gasteiger partial charge in [0.2, 0.25) is 11.9 Å². The predicted molar refractivity (Wildman–Crippen MR) is 98.3 cm³/mol. The van der Waals surface area contributed by atoms with Gasteiger partial charge in [0.15, 0.2) is 5.82 Å². The molecule has 130 valence electrons. The smallest absolute Gasteiger partial charge is 0.248 e. The Morgan fingerprint density at radius 1 is 1.20 bits per heavy atom. The van der Waals surface area contributed by atoms with E-state index in [9.17, 15) is 0 Å². The quantitative estimate of drug-likeness (QED) is 0.603. The molecule has 0 saturated heterocycles. The Morgan fingerprint density at radius 3 is 2.64 bits per heavy atom. The maximum atomic E-state index is 9.11. The number of rotatable bonds is 7. The monoisotopic (exact) mass is 339 g/mol. The van der Waals surface area contributed by atoms with Crippen LogP contribution in [0.15, 0.2) is 48.7 Å². The predicted octanol–water partition coefficient (Wildman–Crippen LogP) is 1.81. The summed E-state index contributed by atoms with van der Waals surface area (Å²) in [5.41, 5.74) is 7.82. The third-order valence-corrected chi connectivity index (χ3v) is 3.74. The van der Waals surface area contributed by atoms with E-state index < -0.39 is 0 Å². The molecule has 0 aliphatic heterocycles. The Balaban J connectivity index is 1.75. The lowest BCUT2D eigenvalue weighted by Gasteiger charge is -2.22. The minimum absolute atomic E-state index is 0.127. The number of benzene rings is 1. The van der Waals surface area contributed by atoms with Crippen molar-refractivity contribution in [1.29, 1.82) is 0 Å². The summed E-state index contributed by atoms with van der Waals surface area (Å²) in [7, 11) is 0. The van der Waals surface area contributed by atoms with Crippen LogP contribution < -0.4 is 16.0 Å². The molecule has 0 saturated carbocycles. The second kappa shape index (κ2) is 7.63. The number of likely N-dealkylation sites (N-methyl/N-ethyl adjacent to an activating group) is 1. The number of hydrogen-bond donors (Lipinski definition) is 3. The largest absolute Gasteiger partial charge is 0.395 e. The summed E-state index contributed by atoms with van der Waals surface area (Å²) < 4.78 is 1.48. The van der Waals surface area contributed by atoms with Crippen LogP contribution in [0.4, 0.5) is 23.3 Å². The van der Waals surface area contributed by atoms with Gasteiger partial charge in [-0.2, -0.15) is 9.67 Å². The molecule has 0 spiro atoms. The van der Waals surface area contributed by atoms with E-state index in [-0.39, 0.29) is 12.6 Å². The normalized spacial score (nSPS) is 10.6. The molecule has 0 fully saturated rings. The van der Waals surface area contributed by atoms with Crippen LogP contribution in [0.5, 0.6) is 0 Å². The van der Waals surface area contributed by atoms with Gasteiger partial charge in [-0.3, -0.25) is 0 Å². The van der Waals surface area contributed by atoms with E-state index >= 15 is 0 Å². The van der Waals surface area contributed by atoms with Crippen LogP contribution in [0.3, 0.4) is 0 Å². The van der Waals surface area contributed by atoms with Crippen LogP contribution in [0.1, 0.15) is 6.92 Å². The minimum atomic E-state index is 0.127. The molecule has 0 atom stereocenters. The van der Waals surface area contributed by atoms with E-state index in [1.807, 2.05) is 42.5 Å².